The Kier molecular flexibility index (Phi) is 5.14. The average molecular weight is 364 g/mol. The minimum absolute atomic E-state index is 0.0994. The maximum Gasteiger partial charge on any atom is 0.131 e. The Morgan fingerprint density at radius 1 is 1.11 bits per heavy atom. The van der Waals surface area contributed by atoms with Gasteiger partial charge in [-0.1, -0.05) is 36.4 Å². The molecule has 2 heterocycles. The predicted octanol–water partition coefficient (Wildman–Crippen LogP) is 3.86. The van der Waals surface area contributed by atoms with Crippen LogP contribution in [-0.4, -0.2) is 22.7 Å². The van der Waals surface area contributed by atoms with Crippen molar-refractivity contribution in [2.75, 3.05) is 6.54 Å². The Morgan fingerprint density at radius 3 is 2.81 bits per heavy atom. The molecule has 5 heteroatoms. The largest absolute Gasteiger partial charge is 0.489 e. The van der Waals surface area contributed by atoms with Crippen LogP contribution in [0.3, 0.4) is 0 Å². The third-order valence-corrected chi connectivity index (χ3v) is 4.74. The van der Waals surface area contributed by atoms with E-state index in [0.717, 1.165) is 22.4 Å². The third-order valence-electron chi connectivity index (χ3n) is 4.74. The number of benzene rings is 2. The molecule has 2 atom stereocenters. The van der Waals surface area contributed by atoms with Gasteiger partial charge in [-0.15, -0.1) is 0 Å². The Morgan fingerprint density at radius 2 is 1.93 bits per heavy atom. The maximum absolute atomic E-state index is 14.0. The highest BCUT2D eigenvalue weighted by atomic mass is 19.1. The number of hydrogen-bond acceptors (Lipinski definition) is 4. The van der Waals surface area contributed by atoms with E-state index in [2.05, 4.69) is 10.3 Å². The Bertz CT molecular complexity index is 931. The Balaban J connectivity index is 1.38. The highest BCUT2D eigenvalue weighted by Gasteiger charge is 2.26. The van der Waals surface area contributed by atoms with Gasteiger partial charge < -0.3 is 15.2 Å². The zero-order chi connectivity index (χ0) is 18.6. The van der Waals surface area contributed by atoms with Crippen molar-refractivity contribution in [3.05, 3.63) is 83.9 Å². The zero-order valence-electron chi connectivity index (χ0n) is 14.8. The molecule has 0 radical (unpaired) electrons. The van der Waals surface area contributed by atoms with E-state index in [1.165, 1.54) is 6.07 Å². The molecule has 2 N–H and O–H groups in total. The van der Waals surface area contributed by atoms with E-state index in [0.29, 0.717) is 25.1 Å². The van der Waals surface area contributed by atoms with Gasteiger partial charge in [0.1, 0.15) is 17.7 Å². The number of aliphatic hydroxyl groups is 1. The molecule has 0 bridgehead atoms. The third kappa shape index (κ3) is 3.99. The second-order valence-corrected chi connectivity index (χ2v) is 6.72. The summed E-state index contributed by atoms with van der Waals surface area (Å²) in [4.78, 5) is 4.23. The number of para-hydroxylation sites is 1. The maximum atomic E-state index is 14.0. The molecule has 0 aliphatic carbocycles. The summed E-state index contributed by atoms with van der Waals surface area (Å²) in [5.41, 5.74) is 3.11. The summed E-state index contributed by atoms with van der Waals surface area (Å²) < 4.78 is 19.9. The van der Waals surface area contributed by atoms with Gasteiger partial charge in [-0.05, 0) is 23.8 Å². The minimum atomic E-state index is -0.507. The molecule has 0 saturated carbocycles. The van der Waals surface area contributed by atoms with Crippen LogP contribution in [0.4, 0.5) is 4.39 Å². The number of ether oxygens (including phenoxy) is 1. The van der Waals surface area contributed by atoms with Crippen LogP contribution in [0.25, 0.3) is 11.1 Å². The molecule has 0 fully saturated rings. The van der Waals surface area contributed by atoms with Crippen LogP contribution in [0.15, 0.2) is 67.0 Å². The number of fused-ring (bicyclic) bond motifs is 1. The van der Waals surface area contributed by atoms with Crippen molar-refractivity contribution in [3.8, 4) is 16.9 Å². The van der Waals surface area contributed by atoms with Crippen LogP contribution in [0.1, 0.15) is 23.7 Å². The van der Waals surface area contributed by atoms with E-state index in [1.807, 2.05) is 36.4 Å². The van der Waals surface area contributed by atoms with Gasteiger partial charge in [0, 0.05) is 48.6 Å². The summed E-state index contributed by atoms with van der Waals surface area (Å²) in [6, 6.07) is 16.2. The van der Waals surface area contributed by atoms with Crippen molar-refractivity contribution < 1.29 is 14.2 Å². The number of pyridine rings is 1. The van der Waals surface area contributed by atoms with E-state index >= 15 is 0 Å². The molecule has 0 amide bonds. The first kappa shape index (κ1) is 17.6. The topological polar surface area (TPSA) is 54.4 Å². The molecule has 138 valence electrons. The van der Waals surface area contributed by atoms with Crippen molar-refractivity contribution in [2.24, 2.45) is 0 Å². The summed E-state index contributed by atoms with van der Waals surface area (Å²) in [5.74, 6) is 0.485. The van der Waals surface area contributed by atoms with Crippen molar-refractivity contribution in [2.45, 2.75) is 25.2 Å². The number of aromatic nitrogens is 1. The quantitative estimate of drug-likeness (QED) is 0.722. The number of hydrogen-bond donors (Lipinski definition) is 2. The summed E-state index contributed by atoms with van der Waals surface area (Å²) in [7, 11) is 0. The van der Waals surface area contributed by atoms with Crippen molar-refractivity contribution >= 4 is 0 Å². The van der Waals surface area contributed by atoms with Gasteiger partial charge in [0.05, 0.1) is 6.10 Å². The molecule has 4 nitrogen and oxygen atoms in total. The molecule has 3 aromatic rings. The zero-order valence-corrected chi connectivity index (χ0v) is 14.8. The lowest BCUT2D eigenvalue weighted by molar-refractivity contribution is 0.0657. The van der Waals surface area contributed by atoms with Crippen LogP contribution in [0.5, 0.6) is 5.75 Å². The number of aliphatic hydroxyl groups excluding tert-OH is 1. The van der Waals surface area contributed by atoms with E-state index < -0.39 is 6.10 Å². The second-order valence-electron chi connectivity index (χ2n) is 6.72. The van der Waals surface area contributed by atoms with Crippen LogP contribution in [-0.2, 0) is 6.54 Å². The van der Waals surface area contributed by atoms with Crippen LogP contribution < -0.4 is 10.1 Å². The molecule has 0 spiro atoms. The molecule has 1 aliphatic rings. The van der Waals surface area contributed by atoms with E-state index in [-0.39, 0.29) is 11.9 Å². The van der Waals surface area contributed by atoms with Gasteiger partial charge in [-0.3, -0.25) is 4.98 Å². The molecule has 27 heavy (non-hydrogen) atoms. The second kappa shape index (κ2) is 7.86. The molecule has 0 saturated heterocycles. The van der Waals surface area contributed by atoms with Crippen molar-refractivity contribution in [1.29, 1.82) is 0 Å². The summed E-state index contributed by atoms with van der Waals surface area (Å²) in [5, 5.41) is 13.6. The normalized spacial score (nSPS) is 18.6. The van der Waals surface area contributed by atoms with Gasteiger partial charge in [0.15, 0.2) is 0 Å². The SMILES string of the molecule is O[C@@H]1C[C@H](CNCc2cncc(-c3ccccc3F)c2)Oc2ccccc21. The lowest BCUT2D eigenvalue weighted by atomic mass is 9.99. The number of nitrogens with zero attached hydrogens (tertiary/aromatic N) is 1. The molecular weight excluding hydrogens is 343 g/mol. The van der Waals surface area contributed by atoms with Crippen molar-refractivity contribution in [3.63, 3.8) is 0 Å². The number of halogens is 1. The standard InChI is InChI=1S/C22H21FN2O2/c23-20-7-3-1-5-18(20)16-9-15(11-24-13-16)12-25-14-17-10-21(26)19-6-2-4-8-22(19)27-17/h1-9,11,13,17,21,25-26H,10,12,14H2/t17-,21-/m1/s1. The van der Waals surface area contributed by atoms with Gasteiger partial charge >= 0.3 is 0 Å². The Hall–Kier alpha value is -2.76. The van der Waals surface area contributed by atoms with Crippen LogP contribution >= 0.6 is 0 Å². The smallest absolute Gasteiger partial charge is 0.131 e. The number of nitrogens with one attached hydrogen (secondary N) is 1. The highest BCUT2D eigenvalue weighted by molar-refractivity contribution is 5.63. The van der Waals surface area contributed by atoms with Crippen LogP contribution in [0.2, 0.25) is 0 Å². The van der Waals surface area contributed by atoms with Crippen molar-refractivity contribution in [1.82, 2.24) is 10.3 Å². The summed E-state index contributed by atoms with van der Waals surface area (Å²) in [6.07, 6.45) is 3.38. The first-order valence-corrected chi connectivity index (χ1v) is 9.04. The highest BCUT2D eigenvalue weighted by Crippen LogP contribution is 2.34. The first-order valence-electron chi connectivity index (χ1n) is 9.04. The predicted molar refractivity (Wildman–Crippen MR) is 102 cm³/mol. The average Bonchev–Trinajstić information content (AvgIpc) is 2.69. The van der Waals surface area contributed by atoms with E-state index in [1.54, 1.807) is 24.5 Å². The van der Waals surface area contributed by atoms with E-state index in [4.69, 9.17) is 4.74 Å². The van der Waals surface area contributed by atoms with Gasteiger partial charge in [-0.25, -0.2) is 4.39 Å². The Labute approximate surface area is 157 Å². The molecule has 4 rings (SSSR count). The van der Waals surface area contributed by atoms with E-state index in [9.17, 15) is 9.50 Å². The monoisotopic (exact) mass is 364 g/mol. The van der Waals surface area contributed by atoms with Gasteiger partial charge in [-0.2, -0.15) is 0 Å². The first-order chi connectivity index (χ1) is 13.2. The van der Waals surface area contributed by atoms with Gasteiger partial charge in [0.25, 0.3) is 0 Å². The lowest BCUT2D eigenvalue weighted by Crippen LogP contribution is -2.35. The summed E-state index contributed by atoms with van der Waals surface area (Å²) in [6.45, 7) is 1.20. The van der Waals surface area contributed by atoms with Crippen LogP contribution in [0, 0.1) is 5.82 Å². The fraction of sp³-hybridized carbons (Fsp3) is 0.227. The summed E-state index contributed by atoms with van der Waals surface area (Å²) >= 11 is 0. The minimum Gasteiger partial charge on any atom is -0.489 e. The fourth-order valence-electron chi connectivity index (χ4n) is 3.40. The lowest BCUT2D eigenvalue weighted by Gasteiger charge is -2.29. The molecule has 2 aromatic carbocycles. The molecule has 1 aliphatic heterocycles. The molecule has 0 unspecified atom stereocenters. The van der Waals surface area contributed by atoms with Gasteiger partial charge in [0.2, 0.25) is 0 Å². The molecule has 1 aromatic heterocycles. The fourth-order valence-corrected chi connectivity index (χ4v) is 3.40. The number of rotatable bonds is 5. The molecular formula is C22H21FN2O2.